The molecule has 174 valence electrons. The van der Waals surface area contributed by atoms with Crippen LogP contribution in [0.5, 0.6) is 5.75 Å². The normalized spacial score (nSPS) is 12.0. The molecule has 2 aromatic carbocycles. The third kappa shape index (κ3) is 6.68. The van der Waals surface area contributed by atoms with Crippen LogP contribution in [0.4, 0.5) is 10.1 Å². The van der Waals surface area contributed by atoms with Gasteiger partial charge in [-0.1, -0.05) is 12.1 Å². The van der Waals surface area contributed by atoms with Gasteiger partial charge in [-0.15, -0.1) is 0 Å². The molecule has 0 heterocycles. The second-order valence-electron chi connectivity index (χ2n) is 7.13. The van der Waals surface area contributed by atoms with Gasteiger partial charge in [0.25, 0.3) is 0 Å². The van der Waals surface area contributed by atoms with Crippen molar-refractivity contribution in [2.45, 2.75) is 26.4 Å². The maximum absolute atomic E-state index is 13.3. The summed E-state index contributed by atoms with van der Waals surface area (Å²) in [5, 5.41) is 2.49. The summed E-state index contributed by atoms with van der Waals surface area (Å²) in [6.07, 6.45) is 1.00. The first-order valence-corrected chi connectivity index (χ1v) is 11.9. The summed E-state index contributed by atoms with van der Waals surface area (Å²) in [5.41, 5.74) is 0.890. The molecule has 8 nitrogen and oxygen atoms in total. The quantitative estimate of drug-likeness (QED) is 0.580. The van der Waals surface area contributed by atoms with Crippen LogP contribution in [0.1, 0.15) is 19.4 Å². The number of halogens is 1. The summed E-state index contributed by atoms with van der Waals surface area (Å²) < 4.78 is 44.5. The molecule has 2 amide bonds. The smallest absolute Gasteiger partial charge is 0.244 e. The molecule has 2 aromatic rings. The van der Waals surface area contributed by atoms with Crippen molar-refractivity contribution in [3.63, 3.8) is 0 Å². The number of hydrogen-bond donors (Lipinski definition) is 1. The van der Waals surface area contributed by atoms with Crippen LogP contribution in [0.15, 0.2) is 48.5 Å². The highest BCUT2D eigenvalue weighted by molar-refractivity contribution is 7.92. The van der Waals surface area contributed by atoms with Crippen LogP contribution in [0, 0.1) is 5.82 Å². The van der Waals surface area contributed by atoms with Crippen LogP contribution >= 0.6 is 0 Å². The summed E-state index contributed by atoms with van der Waals surface area (Å²) in [4.78, 5) is 26.7. The van der Waals surface area contributed by atoms with E-state index in [4.69, 9.17) is 4.74 Å². The Bertz CT molecular complexity index is 1030. The first-order chi connectivity index (χ1) is 15.1. The van der Waals surface area contributed by atoms with Gasteiger partial charge in [-0.25, -0.2) is 12.8 Å². The van der Waals surface area contributed by atoms with Gasteiger partial charge in [-0.05, 0) is 55.8 Å². The predicted molar refractivity (Wildman–Crippen MR) is 120 cm³/mol. The highest BCUT2D eigenvalue weighted by atomic mass is 32.2. The van der Waals surface area contributed by atoms with Crippen molar-refractivity contribution in [2.24, 2.45) is 0 Å². The molecule has 10 heteroatoms. The van der Waals surface area contributed by atoms with E-state index in [0.29, 0.717) is 23.6 Å². The molecule has 0 fully saturated rings. The van der Waals surface area contributed by atoms with Crippen molar-refractivity contribution in [1.29, 1.82) is 0 Å². The minimum Gasteiger partial charge on any atom is -0.494 e. The minimum absolute atomic E-state index is 0.00851. The molecular weight excluding hydrogens is 437 g/mol. The number of carbonyl (C=O) groups is 2. The lowest BCUT2D eigenvalue weighted by Crippen LogP contribution is -2.50. The van der Waals surface area contributed by atoms with E-state index in [-0.39, 0.29) is 6.54 Å². The molecular formula is C22H28FN3O5S. The lowest BCUT2D eigenvalue weighted by atomic mass is 10.1. The summed E-state index contributed by atoms with van der Waals surface area (Å²) in [5.74, 6) is -0.843. The third-order valence-electron chi connectivity index (χ3n) is 4.79. The number of sulfonamides is 1. The number of nitrogens with zero attached hydrogens (tertiary/aromatic N) is 2. The monoisotopic (exact) mass is 465 g/mol. The lowest BCUT2D eigenvalue weighted by molar-refractivity contribution is -0.139. The van der Waals surface area contributed by atoms with E-state index in [1.54, 1.807) is 31.2 Å². The number of anilines is 1. The first-order valence-electron chi connectivity index (χ1n) is 10.0. The molecule has 0 aliphatic rings. The van der Waals surface area contributed by atoms with Crippen LogP contribution < -0.4 is 14.4 Å². The highest BCUT2D eigenvalue weighted by Gasteiger charge is 2.29. The second-order valence-corrected chi connectivity index (χ2v) is 9.04. The molecule has 0 aromatic heterocycles. The Morgan fingerprint density at radius 3 is 2.19 bits per heavy atom. The zero-order valence-corrected chi connectivity index (χ0v) is 19.4. The van der Waals surface area contributed by atoms with Crippen molar-refractivity contribution in [2.75, 3.05) is 30.8 Å². The average molecular weight is 466 g/mol. The van der Waals surface area contributed by atoms with Crippen LogP contribution in [0.2, 0.25) is 0 Å². The Hall–Kier alpha value is -3.14. The number of amides is 2. The predicted octanol–water partition coefficient (Wildman–Crippen LogP) is 2.15. The molecule has 0 saturated carbocycles. The number of hydrogen-bond acceptors (Lipinski definition) is 5. The van der Waals surface area contributed by atoms with Gasteiger partial charge in [0.15, 0.2) is 0 Å². The van der Waals surface area contributed by atoms with E-state index in [0.717, 1.165) is 10.6 Å². The number of nitrogens with one attached hydrogen (secondary N) is 1. The van der Waals surface area contributed by atoms with Gasteiger partial charge in [0.05, 0.1) is 18.6 Å². The topological polar surface area (TPSA) is 96.0 Å². The van der Waals surface area contributed by atoms with E-state index in [1.165, 1.54) is 36.2 Å². The largest absolute Gasteiger partial charge is 0.494 e. The van der Waals surface area contributed by atoms with Crippen molar-refractivity contribution in [3.05, 3.63) is 59.9 Å². The number of benzene rings is 2. The maximum atomic E-state index is 13.3. The summed E-state index contributed by atoms with van der Waals surface area (Å²) in [6, 6.07) is 11.0. The van der Waals surface area contributed by atoms with Crippen LogP contribution in [-0.4, -0.2) is 57.6 Å². The fourth-order valence-electron chi connectivity index (χ4n) is 3.07. The van der Waals surface area contributed by atoms with Crippen molar-refractivity contribution in [1.82, 2.24) is 10.2 Å². The minimum atomic E-state index is -3.81. The number of rotatable bonds is 10. The summed E-state index contributed by atoms with van der Waals surface area (Å²) >= 11 is 0. The highest BCUT2D eigenvalue weighted by Crippen LogP contribution is 2.22. The molecule has 0 aliphatic heterocycles. The lowest BCUT2D eigenvalue weighted by Gasteiger charge is -2.31. The fraction of sp³-hybridized carbons (Fsp3) is 0.364. The zero-order valence-electron chi connectivity index (χ0n) is 18.5. The van der Waals surface area contributed by atoms with Crippen molar-refractivity contribution < 1.29 is 27.1 Å². The molecule has 0 radical (unpaired) electrons. The van der Waals surface area contributed by atoms with Crippen LogP contribution in [0.3, 0.4) is 0 Å². The van der Waals surface area contributed by atoms with E-state index in [2.05, 4.69) is 5.32 Å². The Balaban J connectivity index is 2.34. The Labute approximate surface area is 188 Å². The fourth-order valence-corrected chi connectivity index (χ4v) is 3.92. The molecule has 1 atom stereocenters. The second kappa shape index (κ2) is 10.9. The SMILES string of the molecule is CCOc1ccc(N(CC(=O)N(Cc2ccc(F)cc2)[C@@H](C)C(=O)NC)S(C)(=O)=O)cc1. The van der Waals surface area contributed by atoms with E-state index < -0.39 is 40.2 Å². The van der Waals surface area contributed by atoms with E-state index >= 15 is 0 Å². The van der Waals surface area contributed by atoms with Gasteiger partial charge in [0, 0.05) is 13.6 Å². The van der Waals surface area contributed by atoms with Gasteiger partial charge in [0.1, 0.15) is 24.2 Å². The average Bonchev–Trinajstić information content (AvgIpc) is 2.76. The summed E-state index contributed by atoms with van der Waals surface area (Å²) in [6.45, 7) is 3.34. The molecule has 0 spiro atoms. The molecule has 32 heavy (non-hydrogen) atoms. The zero-order chi connectivity index (χ0) is 23.9. The van der Waals surface area contributed by atoms with Gasteiger partial charge in [-0.3, -0.25) is 13.9 Å². The Morgan fingerprint density at radius 2 is 1.69 bits per heavy atom. The van der Waals surface area contributed by atoms with Crippen LogP contribution in [0.25, 0.3) is 0 Å². The van der Waals surface area contributed by atoms with Gasteiger partial charge >= 0.3 is 0 Å². The van der Waals surface area contributed by atoms with Crippen LogP contribution in [-0.2, 0) is 26.2 Å². The van der Waals surface area contributed by atoms with Gasteiger partial charge in [0.2, 0.25) is 21.8 Å². The first kappa shape index (κ1) is 25.1. The van der Waals surface area contributed by atoms with E-state index in [9.17, 15) is 22.4 Å². The maximum Gasteiger partial charge on any atom is 0.244 e. The summed E-state index contributed by atoms with van der Waals surface area (Å²) in [7, 11) is -2.36. The molecule has 0 unspecified atom stereocenters. The molecule has 0 aliphatic carbocycles. The third-order valence-corrected chi connectivity index (χ3v) is 5.94. The standard InChI is InChI=1S/C22H28FN3O5S/c1-5-31-20-12-10-19(11-13-20)26(32(4,29)30)15-21(27)25(16(2)22(28)24-3)14-17-6-8-18(23)9-7-17/h6-13,16H,5,14-15H2,1-4H3,(H,24,28)/t16-/m0/s1. The Morgan fingerprint density at radius 1 is 1.09 bits per heavy atom. The number of carbonyl (C=O) groups excluding carboxylic acids is 2. The van der Waals surface area contributed by atoms with Gasteiger partial charge in [-0.2, -0.15) is 0 Å². The Kier molecular flexibility index (Phi) is 8.59. The van der Waals surface area contributed by atoms with Crippen molar-refractivity contribution >= 4 is 27.5 Å². The van der Waals surface area contributed by atoms with E-state index in [1.807, 2.05) is 6.92 Å². The molecule has 0 bridgehead atoms. The number of ether oxygens (including phenoxy) is 1. The molecule has 2 rings (SSSR count). The number of likely N-dealkylation sites (N-methyl/N-ethyl adjacent to an activating group) is 1. The molecule has 1 N–H and O–H groups in total. The molecule has 0 saturated heterocycles. The van der Waals surface area contributed by atoms with Gasteiger partial charge < -0.3 is 15.0 Å². The van der Waals surface area contributed by atoms with Crippen molar-refractivity contribution in [3.8, 4) is 5.75 Å².